The van der Waals surface area contributed by atoms with Gasteiger partial charge in [0.1, 0.15) is 0 Å². The Balaban J connectivity index is 1.40. The van der Waals surface area contributed by atoms with Crippen LogP contribution in [0.3, 0.4) is 0 Å². The van der Waals surface area contributed by atoms with Gasteiger partial charge in [-0.05, 0) is 63.8 Å². The Morgan fingerprint density at radius 1 is 0.897 bits per heavy atom. The van der Waals surface area contributed by atoms with E-state index in [1.165, 1.54) is 48.8 Å². The quantitative estimate of drug-likeness (QED) is 0.755. The molecule has 5 heteroatoms. The van der Waals surface area contributed by atoms with Crippen molar-refractivity contribution in [2.75, 3.05) is 0 Å². The van der Waals surface area contributed by atoms with E-state index in [1.807, 2.05) is 6.20 Å². The lowest BCUT2D eigenvalue weighted by Crippen LogP contribution is -2.41. The van der Waals surface area contributed by atoms with E-state index in [2.05, 4.69) is 63.3 Å². The number of aromatic nitrogens is 1. The Labute approximate surface area is 174 Å². The molecule has 2 unspecified atom stereocenters. The van der Waals surface area contributed by atoms with Crippen molar-refractivity contribution in [3.05, 3.63) is 47.7 Å². The minimum Gasteiger partial charge on any atom is -0.399 e. The van der Waals surface area contributed by atoms with Gasteiger partial charge in [-0.2, -0.15) is 0 Å². The summed E-state index contributed by atoms with van der Waals surface area (Å²) in [6.45, 7) is 8.31. The van der Waals surface area contributed by atoms with Gasteiger partial charge in [-0.25, -0.2) is 0 Å². The summed E-state index contributed by atoms with van der Waals surface area (Å²) in [7, 11) is -0.363. The van der Waals surface area contributed by atoms with Gasteiger partial charge in [0.15, 0.2) is 0 Å². The molecule has 0 aliphatic carbocycles. The van der Waals surface area contributed by atoms with Crippen molar-refractivity contribution >= 4 is 12.6 Å². The molecule has 1 aromatic carbocycles. The van der Waals surface area contributed by atoms with E-state index in [0.717, 1.165) is 11.2 Å². The Morgan fingerprint density at radius 2 is 1.59 bits per heavy atom. The molecular weight excluding hydrogens is 359 g/mol. The number of pyridine rings is 1. The Kier molecular flexibility index (Phi) is 4.61. The fraction of sp³-hybridized carbons (Fsp3) is 0.542. The zero-order chi connectivity index (χ0) is 20.2. The Morgan fingerprint density at radius 3 is 2.24 bits per heavy atom. The van der Waals surface area contributed by atoms with Crippen molar-refractivity contribution in [3.8, 4) is 11.3 Å². The number of benzene rings is 1. The first-order valence-corrected chi connectivity index (χ1v) is 11.1. The molecule has 1 aromatic heterocycles. The molecule has 2 aromatic rings. The van der Waals surface area contributed by atoms with E-state index >= 15 is 0 Å². The molecule has 2 saturated heterocycles. The van der Waals surface area contributed by atoms with Crippen LogP contribution in [0.4, 0.5) is 0 Å². The summed E-state index contributed by atoms with van der Waals surface area (Å²) >= 11 is 0. The van der Waals surface area contributed by atoms with Gasteiger partial charge in [-0.3, -0.25) is 4.98 Å². The highest BCUT2D eigenvalue weighted by molar-refractivity contribution is 6.62. The molecule has 0 saturated carbocycles. The van der Waals surface area contributed by atoms with Gasteiger partial charge in [0.2, 0.25) is 0 Å². The minimum absolute atomic E-state index is 0.335. The number of hydrogen-bond donors (Lipinski definition) is 1. The highest BCUT2D eigenvalue weighted by Crippen LogP contribution is 2.42. The first kappa shape index (κ1) is 19.3. The van der Waals surface area contributed by atoms with Crippen molar-refractivity contribution in [2.45, 2.75) is 83.1 Å². The van der Waals surface area contributed by atoms with Crippen LogP contribution in [0, 0.1) is 0 Å². The Bertz CT molecular complexity index is 894. The summed E-state index contributed by atoms with van der Waals surface area (Å²) in [5.74, 6) is 0. The van der Waals surface area contributed by atoms with Crippen LogP contribution in [0.5, 0.6) is 0 Å². The number of rotatable bonds is 2. The van der Waals surface area contributed by atoms with Crippen molar-refractivity contribution < 1.29 is 9.31 Å². The second-order valence-corrected chi connectivity index (χ2v) is 9.82. The largest absolute Gasteiger partial charge is 0.496 e. The summed E-state index contributed by atoms with van der Waals surface area (Å²) in [6, 6.07) is 12.1. The van der Waals surface area contributed by atoms with Crippen LogP contribution in [0.2, 0.25) is 0 Å². The molecule has 152 valence electrons. The summed E-state index contributed by atoms with van der Waals surface area (Å²) in [6.07, 6.45) is 8.39. The predicted octanol–water partition coefficient (Wildman–Crippen LogP) is 4.70. The second-order valence-electron chi connectivity index (χ2n) is 9.82. The molecule has 1 N–H and O–H groups in total. The zero-order valence-electron chi connectivity index (χ0n) is 18.0. The van der Waals surface area contributed by atoms with Crippen molar-refractivity contribution in [1.82, 2.24) is 10.3 Å². The zero-order valence-corrected chi connectivity index (χ0v) is 18.0. The standard InChI is InChI=1S/C24H31BN2O2/c1-23(2)24(3,4)29-25(28-23)17-11-13-20(26-15-17)16-10-12-18-19(14-16)22-9-7-5-6-8-21(18)27-22/h10-15,21-22,27H,5-9H2,1-4H3. The molecule has 0 amide bonds. The molecule has 3 aliphatic rings. The fourth-order valence-electron chi connectivity index (χ4n) is 4.82. The smallest absolute Gasteiger partial charge is 0.399 e. The molecule has 5 rings (SSSR count). The second kappa shape index (κ2) is 6.93. The maximum absolute atomic E-state index is 6.16. The fourth-order valence-corrected chi connectivity index (χ4v) is 4.82. The van der Waals surface area contributed by atoms with Crippen molar-refractivity contribution in [1.29, 1.82) is 0 Å². The first-order valence-electron chi connectivity index (χ1n) is 11.1. The van der Waals surface area contributed by atoms with Crippen LogP contribution in [-0.4, -0.2) is 23.3 Å². The van der Waals surface area contributed by atoms with E-state index in [9.17, 15) is 0 Å². The van der Waals surface area contributed by atoms with Crippen LogP contribution in [0.25, 0.3) is 11.3 Å². The predicted molar refractivity (Wildman–Crippen MR) is 117 cm³/mol. The van der Waals surface area contributed by atoms with Gasteiger partial charge in [0.25, 0.3) is 0 Å². The third-order valence-electron chi connectivity index (χ3n) is 7.33. The summed E-state index contributed by atoms with van der Waals surface area (Å²) < 4.78 is 12.3. The van der Waals surface area contributed by atoms with Crippen LogP contribution in [0.15, 0.2) is 36.5 Å². The van der Waals surface area contributed by atoms with Gasteiger partial charge in [-0.1, -0.05) is 37.5 Å². The maximum Gasteiger partial charge on any atom is 0.496 e. The van der Waals surface area contributed by atoms with Crippen LogP contribution in [0.1, 0.15) is 83.0 Å². The number of fused-ring (bicyclic) bond motifs is 5. The molecule has 2 atom stereocenters. The third kappa shape index (κ3) is 3.33. The number of nitrogens with one attached hydrogen (secondary N) is 1. The van der Waals surface area contributed by atoms with Crippen LogP contribution >= 0.6 is 0 Å². The van der Waals surface area contributed by atoms with Gasteiger partial charge in [0.05, 0.1) is 16.9 Å². The molecule has 0 radical (unpaired) electrons. The molecule has 29 heavy (non-hydrogen) atoms. The highest BCUT2D eigenvalue weighted by atomic mass is 16.7. The molecule has 3 aliphatic heterocycles. The minimum atomic E-state index is -0.363. The lowest BCUT2D eigenvalue weighted by Gasteiger charge is -2.32. The highest BCUT2D eigenvalue weighted by Gasteiger charge is 2.51. The Hall–Kier alpha value is -1.69. The van der Waals surface area contributed by atoms with E-state index in [4.69, 9.17) is 14.3 Å². The van der Waals surface area contributed by atoms with E-state index in [1.54, 1.807) is 0 Å². The van der Waals surface area contributed by atoms with Crippen molar-refractivity contribution in [2.24, 2.45) is 0 Å². The van der Waals surface area contributed by atoms with Gasteiger partial charge in [-0.15, -0.1) is 0 Å². The average molecular weight is 390 g/mol. The van der Waals surface area contributed by atoms with E-state index < -0.39 is 0 Å². The third-order valence-corrected chi connectivity index (χ3v) is 7.33. The molecule has 2 fully saturated rings. The molecular formula is C24H31BN2O2. The summed E-state index contributed by atoms with van der Waals surface area (Å²) in [5, 5.41) is 3.84. The molecule has 4 nitrogen and oxygen atoms in total. The van der Waals surface area contributed by atoms with E-state index in [0.29, 0.717) is 12.1 Å². The van der Waals surface area contributed by atoms with Gasteiger partial charge in [0, 0.05) is 29.3 Å². The van der Waals surface area contributed by atoms with Crippen LogP contribution in [-0.2, 0) is 9.31 Å². The SMILES string of the molecule is CC1(C)OB(c2ccc(-c3ccc4c(c3)C3CCCCCC4N3)nc2)OC1(C)C. The maximum atomic E-state index is 6.16. The lowest BCUT2D eigenvalue weighted by molar-refractivity contribution is 0.00578. The normalized spacial score (nSPS) is 27.4. The lowest BCUT2D eigenvalue weighted by atomic mass is 9.80. The monoisotopic (exact) mass is 390 g/mol. The van der Waals surface area contributed by atoms with Gasteiger partial charge >= 0.3 is 7.12 Å². The van der Waals surface area contributed by atoms with Crippen LogP contribution < -0.4 is 10.8 Å². The van der Waals surface area contributed by atoms with E-state index in [-0.39, 0.29) is 18.3 Å². The first-order chi connectivity index (χ1) is 13.8. The number of nitrogens with zero attached hydrogens (tertiary/aromatic N) is 1. The molecule has 2 bridgehead atoms. The topological polar surface area (TPSA) is 43.4 Å². The summed E-state index contributed by atoms with van der Waals surface area (Å²) in [4.78, 5) is 4.76. The summed E-state index contributed by atoms with van der Waals surface area (Å²) in [5.41, 5.74) is 5.47. The van der Waals surface area contributed by atoms with Gasteiger partial charge < -0.3 is 14.6 Å². The number of hydrogen-bond acceptors (Lipinski definition) is 4. The molecule has 0 spiro atoms. The van der Waals surface area contributed by atoms with Crippen molar-refractivity contribution in [3.63, 3.8) is 0 Å². The average Bonchev–Trinajstić information content (AvgIpc) is 3.14. The molecule has 4 heterocycles.